The predicted molar refractivity (Wildman–Crippen MR) is 62.6 cm³/mol. The van der Waals surface area contributed by atoms with Gasteiger partial charge in [-0.05, 0) is 12.8 Å². The Hall–Kier alpha value is -1.38. The molecule has 20 heavy (non-hydrogen) atoms. The molecule has 0 spiro atoms. The molecule has 0 aromatic rings. The van der Waals surface area contributed by atoms with Crippen molar-refractivity contribution in [2.45, 2.75) is 31.2 Å². The fourth-order valence-electron chi connectivity index (χ4n) is 1.90. The van der Waals surface area contributed by atoms with Crippen LogP contribution in [0.2, 0.25) is 0 Å². The largest absolute Gasteiger partial charge is 0.383 e. The van der Waals surface area contributed by atoms with E-state index in [1.54, 1.807) is 4.90 Å². The number of nitrogens with one attached hydrogen (secondary N) is 2. The van der Waals surface area contributed by atoms with Gasteiger partial charge in [-0.3, -0.25) is 14.5 Å². The van der Waals surface area contributed by atoms with E-state index < -0.39 is 24.3 Å². The topological polar surface area (TPSA) is 61.4 Å². The van der Waals surface area contributed by atoms with Gasteiger partial charge in [-0.15, -0.1) is 0 Å². The molecule has 116 valence electrons. The molecule has 0 aliphatic carbocycles. The molecule has 1 fully saturated rings. The number of alkyl halides is 4. The molecule has 9 heteroatoms. The van der Waals surface area contributed by atoms with Crippen LogP contribution in [0.25, 0.3) is 0 Å². The highest BCUT2D eigenvalue weighted by molar-refractivity contribution is 5.84. The van der Waals surface area contributed by atoms with Crippen LogP contribution in [0, 0.1) is 0 Å². The zero-order chi connectivity index (χ0) is 15.3. The minimum Gasteiger partial charge on any atom is -0.358 e. The van der Waals surface area contributed by atoms with Crippen molar-refractivity contribution in [3.8, 4) is 0 Å². The van der Waals surface area contributed by atoms with Crippen LogP contribution in [-0.4, -0.2) is 61.8 Å². The van der Waals surface area contributed by atoms with Crippen molar-refractivity contribution in [2.75, 3.05) is 26.7 Å². The lowest BCUT2D eigenvalue weighted by molar-refractivity contribution is -0.170. The molecule has 0 radical (unpaired) electrons. The molecule has 0 unspecified atom stereocenters. The van der Waals surface area contributed by atoms with Gasteiger partial charge in [0.2, 0.25) is 5.91 Å². The fourth-order valence-corrected chi connectivity index (χ4v) is 1.90. The molecule has 1 aliphatic heterocycles. The van der Waals surface area contributed by atoms with Crippen LogP contribution in [0.15, 0.2) is 0 Å². The van der Waals surface area contributed by atoms with Crippen molar-refractivity contribution in [2.24, 2.45) is 0 Å². The van der Waals surface area contributed by atoms with E-state index in [1.807, 2.05) is 5.32 Å². The molecule has 5 nitrogen and oxygen atoms in total. The highest BCUT2D eigenvalue weighted by Gasteiger charge is 2.49. The molecule has 2 N–H and O–H groups in total. The van der Waals surface area contributed by atoms with Crippen LogP contribution in [0.4, 0.5) is 17.6 Å². The Bertz CT molecular complexity index is 358. The molecule has 2 amide bonds. The second kappa shape index (κ2) is 6.87. The van der Waals surface area contributed by atoms with Gasteiger partial charge >= 0.3 is 12.3 Å². The third-order valence-electron chi connectivity index (χ3n) is 3.15. The van der Waals surface area contributed by atoms with E-state index in [1.165, 1.54) is 7.05 Å². The lowest BCUT2D eigenvalue weighted by Gasteiger charge is -2.32. The number of likely N-dealkylation sites (N-methyl/N-ethyl adjacent to an activating group) is 1. The summed E-state index contributed by atoms with van der Waals surface area (Å²) in [6, 6.07) is -0.576. The number of carbonyl (C=O) groups excluding carboxylic acids is 2. The molecule has 1 rings (SSSR count). The number of halogens is 4. The SMILES string of the molecule is CNC(=O)CN1CCC(NC(=O)C(F)(F)C(F)F)CC1. The molecule has 1 saturated heterocycles. The van der Waals surface area contributed by atoms with Crippen molar-refractivity contribution in [1.82, 2.24) is 15.5 Å². The van der Waals surface area contributed by atoms with Crippen LogP contribution in [0.3, 0.4) is 0 Å². The smallest absolute Gasteiger partial charge is 0.358 e. The van der Waals surface area contributed by atoms with E-state index in [2.05, 4.69) is 5.32 Å². The number of piperidine rings is 1. The van der Waals surface area contributed by atoms with Gasteiger partial charge in [0.25, 0.3) is 5.91 Å². The number of rotatable bonds is 5. The first-order chi connectivity index (χ1) is 9.27. The lowest BCUT2D eigenvalue weighted by atomic mass is 10.0. The zero-order valence-corrected chi connectivity index (χ0v) is 11.0. The summed E-state index contributed by atoms with van der Waals surface area (Å²) in [6.45, 7) is 1.04. The second-order valence-electron chi connectivity index (χ2n) is 4.62. The summed E-state index contributed by atoms with van der Waals surface area (Å²) in [5.74, 6) is -6.78. The van der Waals surface area contributed by atoms with E-state index in [-0.39, 0.29) is 12.5 Å². The molecular formula is C11H17F4N3O2. The summed E-state index contributed by atoms with van der Waals surface area (Å²) >= 11 is 0. The first-order valence-corrected chi connectivity index (χ1v) is 6.17. The van der Waals surface area contributed by atoms with Crippen LogP contribution < -0.4 is 10.6 Å². The summed E-state index contributed by atoms with van der Waals surface area (Å²) in [5.41, 5.74) is 0. The normalized spacial score (nSPS) is 18.1. The monoisotopic (exact) mass is 299 g/mol. The summed E-state index contributed by atoms with van der Waals surface area (Å²) in [4.78, 5) is 24.0. The summed E-state index contributed by atoms with van der Waals surface area (Å²) in [5, 5.41) is 4.39. The molecule has 0 aromatic heterocycles. The van der Waals surface area contributed by atoms with Gasteiger partial charge in [0, 0.05) is 26.2 Å². The Balaban J connectivity index is 2.39. The van der Waals surface area contributed by atoms with E-state index >= 15 is 0 Å². The third-order valence-corrected chi connectivity index (χ3v) is 3.15. The average molecular weight is 299 g/mol. The Kier molecular flexibility index (Phi) is 5.73. The Labute approximate surface area is 113 Å². The Morgan fingerprint density at radius 2 is 1.85 bits per heavy atom. The first kappa shape index (κ1) is 16.7. The molecule has 0 aromatic carbocycles. The third kappa shape index (κ3) is 4.32. The quantitative estimate of drug-likeness (QED) is 0.714. The summed E-state index contributed by atoms with van der Waals surface area (Å²) in [7, 11) is 1.50. The molecule has 1 aliphatic rings. The summed E-state index contributed by atoms with van der Waals surface area (Å²) < 4.78 is 49.5. The Morgan fingerprint density at radius 1 is 1.30 bits per heavy atom. The molecular weight excluding hydrogens is 282 g/mol. The van der Waals surface area contributed by atoms with Crippen molar-refractivity contribution < 1.29 is 27.2 Å². The minimum absolute atomic E-state index is 0.170. The number of hydrogen-bond acceptors (Lipinski definition) is 3. The first-order valence-electron chi connectivity index (χ1n) is 6.17. The Morgan fingerprint density at radius 3 is 2.30 bits per heavy atom. The number of hydrogen-bond donors (Lipinski definition) is 2. The fraction of sp³-hybridized carbons (Fsp3) is 0.818. The van der Waals surface area contributed by atoms with Crippen LogP contribution in [-0.2, 0) is 9.59 Å². The van der Waals surface area contributed by atoms with Crippen molar-refractivity contribution in [3.05, 3.63) is 0 Å². The van der Waals surface area contributed by atoms with Crippen molar-refractivity contribution in [3.63, 3.8) is 0 Å². The molecule has 0 bridgehead atoms. The highest BCUT2D eigenvalue weighted by atomic mass is 19.3. The van der Waals surface area contributed by atoms with Crippen molar-refractivity contribution >= 4 is 11.8 Å². The van der Waals surface area contributed by atoms with Gasteiger partial charge in [-0.25, -0.2) is 8.78 Å². The zero-order valence-electron chi connectivity index (χ0n) is 11.0. The second-order valence-corrected chi connectivity index (χ2v) is 4.62. The van der Waals surface area contributed by atoms with Gasteiger partial charge in [0.05, 0.1) is 6.54 Å². The van der Waals surface area contributed by atoms with E-state index in [0.717, 1.165) is 0 Å². The van der Waals surface area contributed by atoms with Gasteiger partial charge in [-0.1, -0.05) is 0 Å². The number of likely N-dealkylation sites (tertiary alicyclic amines) is 1. The number of amides is 2. The van der Waals surface area contributed by atoms with Crippen molar-refractivity contribution in [1.29, 1.82) is 0 Å². The van der Waals surface area contributed by atoms with Gasteiger partial charge in [-0.2, -0.15) is 8.78 Å². The van der Waals surface area contributed by atoms with Gasteiger partial charge < -0.3 is 10.6 Å². The molecule has 0 atom stereocenters. The maximum Gasteiger partial charge on any atom is 0.383 e. The van der Waals surface area contributed by atoms with Crippen LogP contribution in [0.5, 0.6) is 0 Å². The molecule has 1 heterocycles. The lowest BCUT2D eigenvalue weighted by Crippen LogP contribution is -2.52. The average Bonchev–Trinajstić information content (AvgIpc) is 2.40. The maximum atomic E-state index is 12.8. The standard InChI is InChI=1S/C11H17F4N3O2/c1-16-8(19)6-18-4-2-7(3-5-18)17-10(20)11(14,15)9(12)13/h7,9H,2-6H2,1H3,(H,16,19)(H,17,20). The highest BCUT2D eigenvalue weighted by Crippen LogP contribution is 2.23. The summed E-state index contributed by atoms with van der Waals surface area (Å²) in [6.07, 6.45) is -3.35. The van der Waals surface area contributed by atoms with Gasteiger partial charge in [0.15, 0.2) is 0 Å². The number of nitrogens with zero attached hydrogens (tertiary/aromatic N) is 1. The minimum atomic E-state index is -4.67. The van der Waals surface area contributed by atoms with Crippen LogP contribution in [0.1, 0.15) is 12.8 Å². The van der Waals surface area contributed by atoms with Crippen LogP contribution >= 0.6 is 0 Å². The maximum absolute atomic E-state index is 12.8. The van der Waals surface area contributed by atoms with E-state index in [4.69, 9.17) is 0 Å². The number of carbonyl (C=O) groups is 2. The van der Waals surface area contributed by atoms with E-state index in [9.17, 15) is 27.2 Å². The van der Waals surface area contributed by atoms with Gasteiger partial charge in [0.1, 0.15) is 0 Å². The van der Waals surface area contributed by atoms with E-state index in [0.29, 0.717) is 25.9 Å². The predicted octanol–water partition coefficient (Wildman–Crippen LogP) is 0.213. The molecule has 0 saturated carbocycles.